The van der Waals surface area contributed by atoms with E-state index in [-0.39, 0.29) is 18.5 Å². The Bertz CT molecular complexity index is 1110. The van der Waals surface area contributed by atoms with Crippen LogP contribution in [0.25, 0.3) is 0 Å². The van der Waals surface area contributed by atoms with Gasteiger partial charge in [-0.2, -0.15) is 0 Å². The zero-order chi connectivity index (χ0) is 51.4. The molecule has 0 aliphatic rings. The number of hydrogen-bond donors (Lipinski definition) is 3. The Labute approximate surface area is 443 Å². The number of rotatable bonds is 60. The minimum absolute atomic E-state index is 0.00803. The van der Waals surface area contributed by atoms with Crippen molar-refractivity contribution in [1.29, 1.82) is 0 Å². The highest BCUT2D eigenvalue weighted by Gasteiger charge is 2.20. The molecule has 420 valence electrons. The van der Waals surface area contributed by atoms with E-state index in [9.17, 15) is 19.8 Å². The van der Waals surface area contributed by atoms with E-state index in [1.165, 1.54) is 276 Å². The molecule has 71 heavy (non-hydrogen) atoms. The van der Waals surface area contributed by atoms with Crippen LogP contribution in [0.15, 0.2) is 24.3 Å². The van der Waals surface area contributed by atoms with E-state index >= 15 is 0 Å². The standard InChI is InChI=1S/C65H125NO5/c1-3-5-7-9-11-13-15-16-17-32-35-39-43-47-51-55-59-65(70)71-60-56-52-48-44-40-36-33-30-28-26-24-22-20-18-19-21-23-25-27-29-31-34-38-42-46-50-54-58-64(69)66-62(61-67)63(68)57-53-49-45-41-37-14-12-10-8-6-4-2/h17-19,32,62-63,67-68H,3-16,20-31,33-61H2,1-2H3,(H,66,69)/b19-18-,32-17-. The average molecular weight is 1000 g/mol. The summed E-state index contributed by atoms with van der Waals surface area (Å²) < 4.78 is 5.49. The topological polar surface area (TPSA) is 95.9 Å². The number of ether oxygens (including phenoxy) is 1. The molecule has 0 aliphatic carbocycles. The molecule has 0 saturated heterocycles. The zero-order valence-corrected chi connectivity index (χ0v) is 48.0. The molecule has 2 atom stereocenters. The van der Waals surface area contributed by atoms with Crippen molar-refractivity contribution in [2.75, 3.05) is 13.2 Å². The van der Waals surface area contributed by atoms with Gasteiger partial charge >= 0.3 is 5.97 Å². The Morgan fingerprint density at radius 2 is 0.662 bits per heavy atom. The molecule has 0 aromatic rings. The predicted octanol–water partition coefficient (Wildman–Crippen LogP) is 20.2. The van der Waals surface area contributed by atoms with E-state index in [0.717, 1.165) is 44.9 Å². The van der Waals surface area contributed by atoms with Crippen LogP contribution in [0.2, 0.25) is 0 Å². The first-order valence-corrected chi connectivity index (χ1v) is 32.1. The number of esters is 1. The third-order valence-electron chi connectivity index (χ3n) is 15.0. The number of allylic oxidation sites excluding steroid dienone is 4. The van der Waals surface area contributed by atoms with Crippen LogP contribution in [0.5, 0.6) is 0 Å². The number of nitrogens with one attached hydrogen (secondary N) is 1. The van der Waals surface area contributed by atoms with Gasteiger partial charge in [0.25, 0.3) is 0 Å². The monoisotopic (exact) mass is 1000 g/mol. The van der Waals surface area contributed by atoms with Crippen LogP contribution in [-0.2, 0) is 14.3 Å². The maximum Gasteiger partial charge on any atom is 0.305 e. The second kappa shape index (κ2) is 60.9. The minimum atomic E-state index is -0.663. The van der Waals surface area contributed by atoms with Gasteiger partial charge in [-0.05, 0) is 77.0 Å². The summed E-state index contributed by atoms with van der Waals surface area (Å²) in [5, 5.41) is 23.2. The van der Waals surface area contributed by atoms with Crippen LogP contribution >= 0.6 is 0 Å². The molecule has 3 N–H and O–H groups in total. The number of carbonyl (C=O) groups is 2. The van der Waals surface area contributed by atoms with Crippen LogP contribution in [0.1, 0.15) is 354 Å². The van der Waals surface area contributed by atoms with Gasteiger partial charge in [-0.1, -0.05) is 289 Å². The second-order valence-electron chi connectivity index (χ2n) is 22.1. The summed E-state index contributed by atoms with van der Waals surface area (Å²) in [6, 6.07) is -0.540. The van der Waals surface area contributed by atoms with Crippen molar-refractivity contribution in [2.24, 2.45) is 0 Å². The largest absolute Gasteiger partial charge is 0.466 e. The molecule has 0 aromatic heterocycles. The molecular formula is C65H125NO5. The third kappa shape index (κ3) is 57.5. The smallest absolute Gasteiger partial charge is 0.305 e. The van der Waals surface area contributed by atoms with Gasteiger partial charge in [-0.15, -0.1) is 0 Å². The van der Waals surface area contributed by atoms with Gasteiger partial charge < -0.3 is 20.3 Å². The maximum atomic E-state index is 12.4. The summed E-state index contributed by atoms with van der Waals surface area (Å²) >= 11 is 0. The summed E-state index contributed by atoms with van der Waals surface area (Å²) in [5.74, 6) is -0.0276. The Morgan fingerprint density at radius 3 is 1.00 bits per heavy atom. The van der Waals surface area contributed by atoms with Crippen LogP contribution in [0.3, 0.4) is 0 Å². The number of unbranched alkanes of at least 4 members (excludes halogenated alkanes) is 45. The molecule has 0 aliphatic heterocycles. The van der Waals surface area contributed by atoms with Crippen molar-refractivity contribution in [3.05, 3.63) is 24.3 Å². The summed E-state index contributed by atoms with van der Waals surface area (Å²) in [6.45, 7) is 4.96. The molecule has 1 amide bonds. The van der Waals surface area contributed by atoms with Gasteiger partial charge in [0.15, 0.2) is 0 Å². The van der Waals surface area contributed by atoms with Gasteiger partial charge in [-0.3, -0.25) is 9.59 Å². The van der Waals surface area contributed by atoms with Crippen molar-refractivity contribution in [1.82, 2.24) is 5.32 Å². The third-order valence-corrected chi connectivity index (χ3v) is 15.0. The van der Waals surface area contributed by atoms with Crippen molar-refractivity contribution < 1.29 is 24.5 Å². The Kier molecular flexibility index (Phi) is 59.5. The highest BCUT2D eigenvalue weighted by molar-refractivity contribution is 5.76. The first kappa shape index (κ1) is 69.3. The molecule has 0 spiro atoms. The van der Waals surface area contributed by atoms with E-state index in [2.05, 4.69) is 43.5 Å². The van der Waals surface area contributed by atoms with Gasteiger partial charge in [0.2, 0.25) is 5.91 Å². The molecule has 0 radical (unpaired) electrons. The van der Waals surface area contributed by atoms with Crippen molar-refractivity contribution in [3.8, 4) is 0 Å². The number of hydrogen-bond acceptors (Lipinski definition) is 5. The molecule has 0 aromatic carbocycles. The molecule has 6 heteroatoms. The summed E-state index contributed by atoms with van der Waals surface area (Å²) in [6.07, 6.45) is 74.9. The van der Waals surface area contributed by atoms with Crippen molar-refractivity contribution >= 4 is 11.9 Å². The average Bonchev–Trinajstić information content (AvgIpc) is 3.37. The van der Waals surface area contributed by atoms with E-state index in [1.54, 1.807) is 0 Å². The lowest BCUT2D eigenvalue weighted by Gasteiger charge is -2.22. The first-order chi connectivity index (χ1) is 35.0. The lowest BCUT2D eigenvalue weighted by Crippen LogP contribution is -2.45. The molecule has 0 bridgehead atoms. The zero-order valence-electron chi connectivity index (χ0n) is 48.0. The fourth-order valence-corrected chi connectivity index (χ4v) is 10.0. The maximum absolute atomic E-state index is 12.4. The number of amides is 1. The van der Waals surface area contributed by atoms with Gasteiger partial charge in [0.1, 0.15) is 0 Å². The molecule has 2 unspecified atom stereocenters. The molecule has 0 fully saturated rings. The van der Waals surface area contributed by atoms with Crippen molar-refractivity contribution in [2.45, 2.75) is 366 Å². The highest BCUT2D eigenvalue weighted by atomic mass is 16.5. The van der Waals surface area contributed by atoms with E-state index in [4.69, 9.17) is 4.74 Å². The lowest BCUT2D eigenvalue weighted by atomic mass is 10.0. The quantitative estimate of drug-likeness (QED) is 0.0320. The lowest BCUT2D eigenvalue weighted by molar-refractivity contribution is -0.143. The van der Waals surface area contributed by atoms with Gasteiger partial charge in [-0.25, -0.2) is 0 Å². The summed E-state index contributed by atoms with van der Waals surface area (Å²) in [5.41, 5.74) is 0. The predicted molar refractivity (Wildman–Crippen MR) is 310 cm³/mol. The Hall–Kier alpha value is -1.66. The fraction of sp³-hybridized carbons (Fsp3) is 0.908. The minimum Gasteiger partial charge on any atom is -0.466 e. The number of aliphatic hydroxyl groups is 2. The number of carbonyl (C=O) groups excluding carboxylic acids is 2. The first-order valence-electron chi connectivity index (χ1n) is 32.1. The van der Waals surface area contributed by atoms with E-state index < -0.39 is 12.1 Å². The Balaban J connectivity index is 3.36. The van der Waals surface area contributed by atoms with Crippen LogP contribution in [0.4, 0.5) is 0 Å². The molecule has 0 heterocycles. The fourth-order valence-electron chi connectivity index (χ4n) is 10.0. The highest BCUT2D eigenvalue weighted by Crippen LogP contribution is 2.18. The van der Waals surface area contributed by atoms with Crippen LogP contribution in [-0.4, -0.2) is 47.4 Å². The second-order valence-corrected chi connectivity index (χ2v) is 22.1. The number of aliphatic hydroxyl groups excluding tert-OH is 2. The summed E-state index contributed by atoms with van der Waals surface area (Å²) in [4.78, 5) is 24.5. The van der Waals surface area contributed by atoms with Gasteiger partial charge in [0.05, 0.1) is 25.4 Å². The molecule has 0 rings (SSSR count). The van der Waals surface area contributed by atoms with E-state index in [1.807, 2.05) is 0 Å². The van der Waals surface area contributed by atoms with Gasteiger partial charge in [0, 0.05) is 12.8 Å². The SMILES string of the molecule is CCCCCCCCC/C=C\CCCCCCCC(=O)OCCCCCCCCCCCCCC/C=C\CCCCCCCCCCCCCC(=O)NC(CO)C(O)CCCCCCCCCCCCC. The summed E-state index contributed by atoms with van der Waals surface area (Å²) in [7, 11) is 0. The van der Waals surface area contributed by atoms with Crippen LogP contribution < -0.4 is 5.32 Å². The van der Waals surface area contributed by atoms with Crippen molar-refractivity contribution in [3.63, 3.8) is 0 Å². The molecular weight excluding hydrogens is 875 g/mol. The van der Waals surface area contributed by atoms with Crippen LogP contribution in [0, 0.1) is 0 Å². The normalized spacial score (nSPS) is 12.7. The molecule has 0 saturated carbocycles. The molecule has 6 nitrogen and oxygen atoms in total. The van der Waals surface area contributed by atoms with E-state index in [0.29, 0.717) is 25.9 Å². The Morgan fingerprint density at radius 1 is 0.380 bits per heavy atom.